The van der Waals surface area contributed by atoms with Crippen molar-refractivity contribution in [3.63, 3.8) is 0 Å². The van der Waals surface area contributed by atoms with Gasteiger partial charge in [-0.05, 0) is 44.7 Å². The van der Waals surface area contributed by atoms with Gasteiger partial charge in [-0.2, -0.15) is 4.31 Å². The topological polar surface area (TPSA) is 92.8 Å². The van der Waals surface area contributed by atoms with Crippen LogP contribution < -0.4 is 5.32 Å². The second-order valence-electron chi connectivity index (χ2n) is 7.24. The molecular formula is C19H26N2O5S. The highest BCUT2D eigenvalue weighted by Gasteiger charge is 2.40. The highest BCUT2D eigenvalue weighted by molar-refractivity contribution is 7.89. The number of hydrogen-bond acceptors (Lipinski definition) is 5. The molecule has 1 aromatic rings. The molecule has 148 valence electrons. The zero-order valence-corrected chi connectivity index (χ0v) is 16.3. The van der Waals surface area contributed by atoms with Crippen LogP contribution in [0.5, 0.6) is 0 Å². The maximum Gasteiger partial charge on any atom is 0.324 e. The van der Waals surface area contributed by atoms with E-state index in [2.05, 4.69) is 5.32 Å². The van der Waals surface area contributed by atoms with E-state index in [9.17, 15) is 18.0 Å². The van der Waals surface area contributed by atoms with Crippen molar-refractivity contribution >= 4 is 21.9 Å². The number of esters is 1. The highest BCUT2D eigenvalue weighted by atomic mass is 32.2. The van der Waals surface area contributed by atoms with Crippen LogP contribution in [0.2, 0.25) is 0 Å². The summed E-state index contributed by atoms with van der Waals surface area (Å²) in [5.41, 5.74) is 0.958. The molecule has 0 unspecified atom stereocenters. The minimum atomic E-state index is -3.77. The summed E-state index contributed by atoms with van der Waals surface area (Å²) in [5.74, 6) is -0.994. The number of sulfonamides is 1. The van der Waals surface area contributed by atoms with Gasteiger partial charge in [-0.3, -0.25) is 9.59 Å². The zero-order valence-electron chi connectivity index (χ0n) is 15.5. The molecular weight excluding hydrogens is 368 g/mol. The van der Waals surface area contributed by atoms with Crippen molar-refractivity contribution in [2.24, 2.45) is 0 Å². The second-order valence-corrected chi connectivity index (χ2v) is 9.13. The number of aryl methyl sites for hydroxylation is 1. The van der Waals surface area contributed by atoms with E-state index in [1.165, 1.54) is 4.31 Å². The number of benzene rings is 1. The van der Waals surface area contributed by atoms with E-state index < -0.39 is 22.0 Å². The first-order chi connectivity index (χ1) is 12.9. The summed E-state index contributed by atoms with van der Waals surface area (Å²) in [7, 11) is -3.77. The van der Waals surface area contributed by atoms with E-state index in [4.69, 9.17) is 4.74 Å². The Hall–Kier alpha value is -1.93. The van der Waals surface area contributed by atoms with E-state index >= 15 is 0 Å². The van der Waals surface area contributed by atoms with E-state index in [0.29, 0.717) is 12.8 Å². The SMILES string of the molecule is Cc1ccc(S(=O)(=O)N2CCC[C@H]2C(=O)OCC(=O)NC2CCCC2)cc1. The first-order valence-electron chi connectivity index (χ1n) is 9.42. The quantitative estimate of drug-likeness (QED) is 0.742. The Kier molecular flexibility index (Phi) is 6.16. The minimum Gasteiger partial charge on any atom is -0.454 e. The average Bonchev–Trinajstić information content (AvgIpc) is 3.32. The van der Waals surface area contributed by atoms with Crippen molar-refractivity contribution in [2.75, 3.05) is 13.2 Å². The van der Waals surface area contributed by atoms with Gasteiger partial charge in [-0.1, -0.05) is 30.5 Å². The summed E-state index contributed by atoms with van der Waals surface area (Å²) in [6.45, 7) is 1.78. The molecule has 3 rings (SSSR count). The van der Waals surface area contributed by atoms with Crippen molar-refractivity contribution < 1.29 is 22.7 Å². The van der Waals surface area contributed by atoms with Gasteiger partial charge >= 0.3 is 5.97 Å². The number of hydrogen-bond donors (Lipinski definition) is 1. The monoisotopic (exact) mass is 394 g/mol. The van der Waals surface area contributed by atoms with E-state index in [1.807, 2.05) is 6.92 Å². The van der Waals surface area contributed by atoms with Gasteiger partial charge in [0.05, 0.1) is 4.90 Å². The van der Waals surface area contributed by atoms with Gasteiger partial charge in [-0.15, -0.1) is 0 Å². The Morgan fingerprint density at radius 1 is 1.11 bits per heavy atom. The van der Waals surface area contributed by atoms with Gasteiger partial charge in [0.2, 0.25) is 10.0 Å². The van der Waals surface area contributed by atoms with Gasteiger partial charge in [0, 0.05) is 12.6 Å². The van der Waals surface area contributed by atoms with Crippen LogP contribution >= 0.6 is 0 Å². The van der Waals surface area contributed by atoms with Crippen molar-refractivity contribution in [3.05, 3.63) is 29.8 Å². The molecule has 0 bridgehead atoms. The van der Waals surface area contributed by atoms with Gasteiger partial charge < -0.3 is 10.1 Å². The lowest BCUT2D eigenvalue weighted by molar-refractivity contribution is -0.151. The Bertz CT molecular complexity index is 785. The zero-order chi connectivity index (χ0) is 19.4. The van der Waals surface area contributed by atoms with Crippen LogP contribution in [0, 0.1) is 6.92 Å². The minimum absolute atomic E-state index is 0.154. The molecule has 1 aromatic carbocycles. The lowest BCUT2D eigenvalue weighted by atomic mass is 10.2. The first-order valence-corrected chi connectivity index (χ1v) is 10.9. The van der Waals surface area contributed by atoms with E-state index in [-0.39, 0.29) is 30.0 Å². The molecule has 1 heterocycles. The molecule has 2 aliphatic rings. The fraction of sp³-hybridized carbons (Fsp3) is 0.579. The third-order valence-corrected chi connectivity index (χ3v) is 7.09. The van der Waals surface area contributed by atoms with Gasteiger partial charge in [-0.25, -0.2) is 8.42 Å². The molecule has 1 aliphatic heterocycles. The Labute approximate surface area is 160 Å². The van der Waals surface area contributed by atoms with E-state index in [1.54, 1.807) is 24.3 Å². The summed E-state index contributed by atoms with van der Waals surface area (Å²) in [4.78, 5) is 24.5. The first kappa shape index (κ1) is 19.8. The standard InChI is InChI=1S/C19H26N2O5S/c1-14-8-10-16(11-9-14)27(24,25)21-12-4-7-17(21)19(23)26-13-18(22)20-15-5-2-3-6-15/h8-11,15,17H,2-7,12-13H2,1H3,(H,20,22)/t17-/m0/s1. The third-order valence-electron chi connectivity index (χ3n) is 5.17. The fourth-order valence-electron chi connectivity index (χ4n) is 3.68. The van der Waals surface area contributed by atoms with Gasteiger partial charge in [0.15, 0.2) is 6.61 Å². The lowest BCUT2D eigenvalue weighted by Crippen LogP contribution is -2.43. The Balaban J connectivity index is 1.60. The van der Waals surface area contributed by atoms with Crippen LogP contribution in [0.3, 0.4) is 0 Å². The number of ether oxygens (including phenoxy) is 1. The molecule has 0 radical (unpaired) electrons. The summed E-state index contributed by atoms with van der Waals surface area (Å²) >= 11 is 0. The molecule has 1 atom stereocenters. The number of nitrogens with one attached hydrogen (secondary N) is 1. The van der Waals surface area contributed by atoms with Crippen molar-refractivity contribution in [1.82, 2.24) is 9.62 Å². The van der Waals surface area contributed by atoms with Crippen LogP contribution in [0.4, 0.5) is 0 Å². The number of amides is 1. The molecule has 7 nitrogen and oxygen atoms in total. The number of rotatable bonds is 6. The normalized spacial score (nSPS) is 21.3. The third kappa shape index (κ3) is 4.68. The van der Waals surface area contributed by atoms with Crippen molar-refractivity contribution in [1.29, 1.82) is 0 Å². The van der Waals surface area contributed by atoms with Gasteiger partial charge in [0.25, 0.3) is 5.91 Å². The average molecular weight is 394 g/mol. The molecule has 2 fully saturated rings. The predicted octanol–water partition coefficient (Wildman–Crippen LogP) is 1.75. The van der Waals surface area contributed by atoms with Crippen molar-refractivity contribution in [3.8, 4) is 0 Å². The highest BCUT2D eigenvalue weighted by Crippen LogP contribution is 2.27. The number of carbonyl (C=O) groups is 2. The smallest absolute Gasteiger partial charge is 0.324 e. The van der Waals surface area contributed by atoms with Crippen LogP contribution in [0.1, 0.15) is 44.1 Å². The second kappa shape index (κ2) is 8.39. The van der Waals surface area contributed by atoms with Crippen LogP contribution in [-0.2, 0) is 24.3 Å². The molecule has 0 aromatic heterocycles. The van der Waals surface area contributed by atoms with E-state index in [0.717, 1.165) is 31.2 Å². The summed E-state index contributed by atoms with van der Waals surface area (Å²) in [5, 5.41) is 2.85. The van der Waals surface area contributed by atoms with Crippen LogP contribution in [0.25, 0.3) is 0 Å². The molecule has 0 spiro atoms. The maximum absolute atomic E-state index is 12.9. The Morgan fingerprint density at radius 3 is 2.44 bits per heavy atom. The summed E-state index contributed by atoms with van der Waals surface area (Å²) < 4.78 is 32.0. The molecule has 8 heteroatoms. The largest absolute Gasteiger partial charge is 0.454 e. The number of carbonyl (C=O) groups excluding carboxylic acids is 2. The molecule has 1 aliphatic carbocycles. The fourth-order valence-corrected chi connectivity index (χ4v) is 5.33. The number of nitrogens with zero attached hydrogens (tertiary/aromatic N) is 1. The summed E-state index contributed by atoms with van der Waals surface area (Å²) in [6, 6.07) is 5.81. The summed E-state index contributed by atoms with van der Waals surface area (Å²) in [6.07, 6.45) is 5.07. The van der Waals surface area contributed by atoms with Gasteiger partial charge in [0.1, 0.15) is 6.04 Å². The molecule has 1 amide bonds. The van der Waals surface area contributed by atoms with Crippen molar-refractivity contribution in [2.45, 2.75) is 62.4 Å². The molecule has 1 N–H and O–H groups in total. The molecule has 1 saturated carbocycles. The lowest BCUT2D eigenvalue weighted by Gasteiger charge is -2.23. The van der Waals surface area contributed by atoms with Crippen LogP contribution in [0.15, 0.2) is 29.2 Å². The predicted molar refractivity (Wildman–Crippen MR) is 99.5 cm³/mol. The maximum atomic E-state index is 12.9. The molecule has 27 heavy (non-hydrogen) atoms. The van der Waals surface area contributed by atoms with Crippen LogP contribution in [-0.4, -0.2) is 49.8 Å². The molecule has 1 saturated heterocycles. The Morgan fingerprint density at radius 2 is 1.78 bits per heavy atom.